The summed E-state index contributed by atoms with van der Waals surface area (Å²) in [5.41, 5.74) is 0.126. The molecular formula is C11H14F2O. The van der Waals surface area contributed by atoms with E-state index in [9.17, 15) is 13.9 Å². The molecule has 78 valence electrons. The SMILES string of the molecule is Cc1ccc(F)c(C(O)C(C)C)c1F. The maximum atomic E-state index is 13.5. The molecule has 0 aromatic heterocycles. The summed E-state index contributed by atoms with van der Waals surface area (Å²) in [6, 6.07) is 2.54. The van der Waals surface area contributed by atoms with Gasteiger partial charge < -0.3 is 5.11 Å². The van der Waals surface area contributed by atoms with Gasteiger partial charge in [-0.05, 0) is 24.5 Å². The number of halogens is 2. The summed E-state index contributed by atoms with van der Waals surface area (Å²) in [5, 5.41) is 9.60. The predicted octanol–water partition coefficient (Wildman–Crippen LogP) is 2.96. The van der Waals surface area contributed by atoms with Gasteiger partial charge in [0.2, 0.25) is 0 Å². The molecule has 0 aliphatic heterocycles. The maximum absolute atomic E-state index is 13.5. The number of aryl methyl sites for hydroxylation is 1. The Morgan fingerprint density at radius 3 is 2.29 bits per heavy atom. The van der Waals surface area contributed by atoms with Gasteiger partial charge in [-0.1, -0.05) is 19.9 Å². The van der Waals surface area contributed by atoms with E-state index in [1.165, 1.54) is 12.1 Å². The molecule has 0 aliphatic rings. The van der Waals surface area contributed by atoms with E-state index in [1.54, 1.807) is 20.8 Å². The van der Waals surface area contributed by atoms with E-state index >= 15 is 0 Å². The lowest BCUT2D eigenvalue weighted by atomic mass is 9.96. The number of aliphatic hydroxyl groups excluding tert-OH is 1. The fraction of sp³-hybridized carbons (Fsp3) is 0.455. The van der Waals surface area contributed by atoms with Crippen molar-refractivity contribution in [3.05, 3.63) is 34.9 Å². The van der Waals surface area contributed by atoms with Crippen molar-refractivity contribution in [2.75, 3.05) is 0 Å². The van der Waals surface area contributed by atoms with Crippen LogP contribution in [-0.4, -0.2) is 5.11 Å². The molecule has 1 N–H and O–H groups in total. The second-order valence-electron chi connectivity index (χ2n) is 3.78. The van der Waals surface area contributed by atoms with Crippen molar-refractivity contribution in [1.29, 1.82) is 0 Å². The summed E-state index contributed by atoms with van der Waals surface area (Å²) in [5.74, 6) is -1.54. The minimum absolute atomic E-state index is 0.208. The summed E-state index contributed by atoms with van der Waals surface area (Å²) in [6.45, 7) is 4.98. The molecule has 0 spiro atoms. The first-order valence-electron chi connectivity index (χ1n) is 4.57. The van der Waals surface area contributed by atoms with E-state index in [-0.39, 0.29) is 11.5 Å². The molecule has 1 nitrogen and oxygen atoms in total. The fourth-order valence-corrected chi connectivity index (χ4v) is 1.28. The lowest BCUT2D eigenvalue weighted by Gasteiger charge is -2.17. The number of hydrogen-bond acceptors (Lipinski definition) is 1. The number of rotatable bonds is 2. The molecule has 0 amide bonds. The highest BCUT2D eigenvalue weighted by molar-refractivity contribution is 5.28. The van der Waals surface area contributed by atoms with E-state index in [1.807, 2.05) is 0 Å². The Hall–Kier alpha value is -0.960. The number of hydrogen-bond donors (Lipinski definition) is 1. The van der Waals surface area contributed by atoms with Crippen LogP contribution in [0.1, 0.15) is 31.1 Å². The average molecular weight is 200 g/mol. The Morgan fingerprint density at radius 1 is 1.21 bits per heavy atom. The summed E-state index contributed by atoms with van der Waals surface area (Å²) >= 11 is 0. The maximum Gasteiger partial charge on any atom is 0.134 e. The summed E-state index contributed by atoms with van der Waals surface area (Å²) < 4.78 is 26.7. The molecule has 0 aliphatic carbocycles. The lowest BCUT2D eigenvalue weighted by molar-refractivity contribution is 0.118. The van der Waals surface area contributed by atoms with Gasteiger partial charge in [0.15, 0.2) is 0 Å². The molecule has 3 heteroatoms. The Morgan fingerprint density at radius 2 is 1.79 bits per heavy atom. The van der Waals surface area contributed by atoms with E-state index in [0.717, 1.165) is 0 Å². The first-order chi connectivity index (χ1) is 6.45. The van der Waals surface area contributed by atoms with Crippen LogP contribution in [0.2, 0.25) is 0 Å². The van der Waals surface area contributed by atoms with Gasteiger partial charge in [0, 0.05) is 0 Å². The Balaban J connectivity index is 3.25. The Kier molecular flexibility index (Phi) is 3.21. The van der Waals surface area contributed by atoms with Crippen molar-refractivity contribution < 1.29 is 13.9 Å². The van der Waals surface area contributed by atoms with Gasteiger partial charge in [0.25, 0.3) is 0 Å². The van der Waals surface area contributed by atoms with Crippen LogP contribution in [0.5, 0.6) is 0 Å². The third kappa shape index (κ3) is 1.93. The quantitative estimate of drug-likeness (QED) is 0.778. The molecule has 14 heavy (non-hydrogen) atoms. The van der Waals surface area contributed by atoms with Crippen LogP contribution in [0.3, 0.4) is 0 Å². The lowest BCUT2D eigenvalue weighted by Crippen LogP contribution is -2.11. The third-order valence-electron chi connectivity index (χ3n) is 2.25. The molecule has 0 saturated carbocycles. The summed E-state index contributed by atoms with van der Waals surface area (Å²) in [6.07, 6.45) is -1.09. The molecule has 0 radical (unpaired) electrons. The molecule has 0 bridgehead atoms. The van der Waals surface area contributed by atoms with Crippen molar-refractivity contribution >= 4 is 0 Å². The highest BCUT2D eigenvalue weighted by Gasteiger charge is 2.21. The van der Waals surface area contributed by atoms with Gasteiger partial charge in [-0.2, -0.15) is 0 Å². The van der Waals surface area contributed by atoms with Gasteiger partial charge >= 0.3 is 0 Å². The summed E-state index contributed by atoms with van der Waals surface area (Å²) in [4.78, 5) is 0. The highest BCUT2D eigenvalue weighted by Crippen LogP contribution is 2.27. The molecule has 1 aromatic carbocycles. The van der Waals surface area contributed by atoms with E-state index in [0.29, 0.717) is 5.56 Å². The fourth-order valence-electron chi connectivity index (χ4n) is 1.28. The first kappa shape index (κ1) is 11.1. The molecule has 0 heterocycles. The van der Waals surface area contributed by atoms with Crippen LogP contribution in [0.15, 0.2) is 12.1 Å². The second-order valence-corrected chi connectivity index (χ2v) is 3.78. The highest BCUT2D eigenvalue weighted by atomic mass is 19.1. The standard InChI is InChI=1S/C11H14F2O/c1-6(2)11(14)9-8(12)5-4-7(3)10(9)13/h4-6,11,14H,1-3H3. The average Bonchev–Trinajstić information content (AvgIpc) is 2.12. The zero-order valence-corrected chi connectivity index (χ0v) is 8.51. The molecule has 1 aromatic rings. The van der Waals surface area contributed by atoms with Crippen LogP contribution < -0.4 is 0 Å². The van der Waals surface area contributed by atoms with Crippen LogP contribution in [-0.2, 0) is 0 Å². The predicted molar refractivity (Wildman–Crippen MR) is 50.9 cm³/mol. The molecule has 0 fully saturated rings. The molecule has 1 unspecified atom stereocenters. The van der Waals surface area contributed by atoms with Crippen molar-refractivity contribution in [2.24, 2.45) is 5.92 Å². The zero-order chi connectivity index (χ0) is 10.9. The second kappa shape index (κ2) is 4.05. The van der Waals surface area contributed by atoms with Crippen molar-refractivity contribution in [3.63, 3.8) is 0 Å². The van der Waals surface area contributed by atoms with E-state index < -0.39 is 17.7 Å². The third-order valence-corrected chi connectivity index (χ3v) is 2.25. The topological polar surface area (TPSA) is 20.2 Å². The Bertz CT molecular complexity index is 334. The molecule has 1 rings (SSSR count). The minimum atomic E-state index is -1.09. The number of benzene rings is 1. The van der Waals surface area contributed by atoms with Crippen molar-refractivity contribution in [2.45, 2.75) is 26.9 Å². The monoisotopic (exact) mass is 200 g/mol. The smallest absolute Gasteiger partial charge is 0.134 e. The van der Waals surface area contributed by atoms with E-state index in [2.05, 4.69) is 0 Å². The van der Waals surface area contributed by atoms with Crippen LogP contribution in [0, 0.1) is 24.5 Å². The van der Waals surface area contributed by atoms with Crippen LogP contribution in [0.25, 0.3) is 0 Å². The molecular weight excluding hydrogens is 186 g/mol. The molecule has 1 atom stereocenters. The van der Waals surface area contributed by atoms with Crippen LogP contribution >= 0.6 is 0 Å². The largest absolute Gasteiger partial charge is 0.388 e. The van der Waals surface area contributed by atoms with Gasteiger partial charge in [-0.15, -0.1) is 0 Å². The van der Waals surface area contributed by atoms with Crippen LogP contribution in [0.4, 0.5) is 8.78 Å². The Labute approximate surface area is 82.4 Å². The first-order valence-corrected chi connectivity index (χ1v) is 4.57. The number of aliphatic hydroxyl groups is 1. The zero-order valence-electron chi connectivity index (χ0n) is 8.51. The van der Waals surface area contributed by atoms with Crippen molar-refractivity contribution in [3.8, 4) is 0 Å². The van der Waals surface area contributed by atoms with Gasteiger partial charge in [-0.25, -0.2) is 8.78 Å². The van der Waals surface area contributed by atoms with Gasteiger partial charge in [-0.3, -0.25) is 0 Å². The normalized spacial score (nSPS) is 13.4. The van der Waals surface area contributed by atoms with Crippen molar-refractivity contribution in [1.82, 2.24) is 0 Å². The minimum Gasteiger partial charge on any atom is -0.388 e. The summed E-state index contributed by atoms with van der Waals surface area (Å²) in [7, 11) is 0. The van der Waals surface area contributed by atoms with Gasteiger partial charge in [0.05, 0.1) is 11.7 Å². The van der Waals surface area contributed by atoms with Gasteiger partial charge in [0.1, 0.15) is 11.6 Å². The van der Waals surface area contributed by atoms with E-state index in [4.69, 9.17) is 0 Å². The molecule has 0 saturated heterocycles.